The summed E-state index contributed by atoms with van der Waals surface area (Å²) in [5.41, 5.74) is 0.263. The minimum atomic E-state index is -0.838. The van der Waals surface area contributed by atoms with E-state index in [0.717, 1.165) is 6.42 Å². The predicted octanol–water partition coefficient (Wildman–Crippen LogP) is 4.74. The van der Waals surface area contributed by atoms with Gasteiger partial charge in [-0.1, -0.05) is 58.4 Å². The highest BCUT2D eigenvalue weighted by atomic mass is 35.5. The number of nitrogens with one attached hydrogen (secondary N) is 2. The van der Waals surface area contributed by atoms with Crippen molar-refractivity contribution in [2.24, 2.45) is 11.3 Å². The smallest absolute Gasteiger partial charge is 0.315 e. The molecule has 2 N–H and O–H groups in total. The van der Waals surface area contributed by atoms with E-state index in [4.69, 9.17) is 16.3 Å². The normalized spacial score (nSPS) is 18.9. The second kappa shape index (κ2) is 11.4. The van der Waals surface area contributed by atoms with Gasteiger partial charge in [-0.05, 0) is 55.2 Å². The highest BCUT2D eigenvalue weighted by molar-refractivity contribution is 6.30. The third kappa shape index (κ3) is 7.62. The van der Waals surface area contributed by atoms with Gasteiger partial charge in [-0.3, -0.25) is 9.59 Å². The summed E-state index contributed by atoms with van der Waals surface area (Å²) in [6, 6.07) is 6.84. The molecule has 1 aliphatic heterocycles. The SMILES string of the molecule is CCC(=O)OC(C)(C)CNC(=O)NC(C(=O)N1CCC(c2ccc(Cl)cc2)C(C)(C)C1)C(C)C. The first-order valence-electron chi connectivity index (χ1n) is 12.1. The number of amides is 3. The molecule has 34 heavy (non-hydrogen) atoms. The Kier molecular flexibility index (Phi) is 9.40. The van der Waals surface area contributed by atoms with Crippen molar-refractivity contribution in [2.75, 3.05) is 19.6 Å². The van der Waals surface area contributed by atoms with E-state index in [0.29, 0.717) is 24.0 Å². The fraction of sp³-hybridized carbons (Fsp3) is 0.654. The molecule has 2 atom stereocenters. The van der Waals surface area contributed by atoms with Crippen molar-refractivity contribution in [3.8, 4) is 0 Å². The molecule has 1 fully saturated rings. The van der Waals surface area contributed by atoms with E-state index in [1.54, 1.807) is 20.8 Å². The summed E-state index contributed by atoms with van der Waals surface area (Å²) < 4.78 is 5.34. The molecule has 190 valence electrons. The Bertz CT molecular complexity index is 867. The summed E-state index contributed by atoms with van der Waals surface area (Å²) in [5.74, 6) is -0.173. The number of benzene rings is 1. The summed E-state index contributed by atoms with van der Waals surface area (Å²) in [6.07, 6.45) is 1.11. The highest BCUT2D eigenvalue weighted by Gasteiger charge is 2.40. The molecule has 1 aromatic rings. The van der Waals surface area contributed by atoms with Gasteiger partial charge in [0.15, 0.2) is 0 Å². The Morgan fingerprint density at radius 2 is 1.82 bits per heavy atom. The molecule has 0 aromatic heterocycles. The van der Waals surface area contributed by atoms with E-state index in [1.807, 2.05) is 30.9 Å². The molecule has 0 radical (unpaired) electrons. The summed E-state index contributed by atoms with van der Waals surface area (Å²) in [5, 5.41) is 6.28. The topological polar surface area (TPSA) is 87.7 Å². The Morgan fingerprint density at radius 3 is 2.35 bits per heavy atom. The van der Waals surface area contributed by atoms with Crippen LogP contribution in [0.1, 0.15) is 72.8 Å². The van der Waals surface area contributed by atoms with E-state index >= 15 is 0 Å². The maximum absolute atomic E-state index is 13.4. The third-order valence-electron chi connectivity index (χ3n) is 6.39. The number of ether oxygens (including phenoxy) is 1. The molecule has 3 amide bonds. The summed E-state index contributed by atoms with van der Waals surface area (Å²) in [7, 11) is 0. The third-order valence-corrected chi connectivity index (χ3v) is 6.64. The number of hydrogen-bond donors (Lipinski definition) is 2. The van der Waals surface area contributed by atoms with E-state index < -0.39 is 17.7 Å². The van der Waals surface area contributed by atoms with Gasteiger partial charge in [-0.15, -0.1) is 0 Å². The van der Waals surface area contributed by atoms with Gasteiger partial charge in [0, 0.05) is 24.5 Å². The van der Waals surface area contributed by atoms with Gasteiger partial charge in [0.05, 0.1) is 6.54 Å². The van der Waals surface area contributed by atoms with Crippen LogP contribution in [0.2, 0.25) is 5.02 Å². The minimum absolute atomic E-state index is 0.0792. The van der Waals surface area contributed by atoms with Crippen molar-refractivity contribution in [3.05, 3.63) is 34.9 Å². The molecule has 2 rings (SSSR count). The van der Waals surface area contributed by atoms with Gasteiger partial charge >= 0.3 is 12.0 Å². The minimum Gasteiger partial charge on any atom is -0.458 e. The lowest BCUT2D eigenvalue weighted by Gasteiger charge is -2.45. The maximum atomic E-state index is 13.4. The molecule has 1 aromatic carbocycles. The van der Waals surface area contributed by atoms with Crippen LogP contribution in [-0.4, -0.2) is 54.1 Å². The number of urea groups is 1. The van der Waals surface area contributed by atoms with E-state index in [-0.39, 0.29) is 36.2 Å². The zero-order chi connectivity index (χ0) is 25.7. The van der Waals surface area contributed by atoms with Crippen molar-refractivity contribution in [3.63, 3.8) is 0 Å². The van der Waals surface area contributed by atoms with E-state index in [2.05, 4.69) is 36.6 Å². The molecule has 0 aliphatic carbocycles. The van der Waals surface area contributed by atoms with Crippen LogP contribution in [0.4, 0.5) is 4.79 Å². The second-order valence-electron chi connectivity index (χ2n) is 10.8. The van der Waals surface area contributed by atoms with Crippen LogP contribution in [0.5, 0.6) is 0 Å². The van der Waals surface area contributed by atoms with Gasteiger partial charge < -0.3 is 20.3 Å². The number of likely N-dealkylation sites (tertiary alicyclic amines) is 1. The van der Waals surface area contributed by atoms with Crippen LogP contribution in [-0.2, 0) is 14.3 Å². The first-order chi connectivity index (χ1) is 15.8. The van der Waals surface area contributed by atoms with E-state index in [9.17, 15) is 14.4 Å². The lowest BCUT2D eigenvalue weighted by atomic mass is 9.70. The fourth-order valence-corrected chi connectivity index (χ4v) is 4.60. The first-order valence-corrected chi connectivity index (χ1v) is 12.4. The molecule has 1 heterocycles. The summed E-state index contributed by atoms with van der Waals surface area (Å²) in [4.78, 5) is 39.5. The average molecular weight is 494 g/mol. The molecule has 7 nitrogen and oxygen atoms in total. The van der Waals surface area contributed by atoms with Crippen LogP contribution in [0.15, 0.2) is 24.3 Å². The lowest BCUT2D eigenvalue weighted by Crippen LogP contribution is -2.58. The van der Waals surface area contributed by atoms with Crippen molar-refractivity contribution < 1.29 is 19.1 Å². The van der Waals surface area contributed by atoms with Crippen molar-refractivity contribution in [1.82, 2.24) is 15.5 Å². The van der Waals surface area contributed by atoms with Gasteiger partial charge in [0.1, 0.15) is 11.6 Å². The molecule has 8 heteroatoms. The van der Waals surface area contributed by atoms with Gasteiger partial charge in [0.25, 0.3) is 0 Å². The highest BCUT2D eigenvalue weighted by Crippen LogP contribution is 2.42. The van der Waals surface area contributed by atoms with E-state index in [1.165, 1.54) is 5.56 Å². The number of piperidine rings is 1. The largest absolute Gasteiger partial charge is 0.458 e. The number of nitrogens with zero attached hydrogens (tertiary/aromatic N) is 1. The Balaban J connectivity index is 2.01. The predicted molar refractivity (Wildman–Crippen MR) is 135 cm³/mol. The number of carbonyl (C=O) groups excluding carboxylic acids is 3. The van der Waals surface area contributed by atoms with Gasteiger partial charge in [-0.2, -0.15) is 0 Å². The van der Waals surface area contributed by atoms with Gasteiger partial charge in [0.2, 0.25) is 5.91 Å². The monoisotopic (exact) mass is 493 g/mol. The van der Waals surface area contributed by atoms with Crippen LogP contribution in [0.3, 0.4) is 0 Å². The summed E-state index contributed by atoms with van der Waals surface area (Å²) in [6.45, 7) is 14.8. The Hall–Kier alpha value is -2.28. The van der Waals surface area contributed by atoms with Crippen molar-refractivity contribution in [2.45, 2.75) is 78.9 Å². The Morgan fingerprint density at radius 1 is 1.21 bits per heavy atom. The average Bonchev–Trinajstić information content (AvgIpc) is 2.75. The molecular weight excluding hydrogens is 454 g/mol. The number of rotatable bonds is 8. The number of esters is 1. The molecule has 2 unspecified atom stereocenters. The Labute approximate surface area is 208 Å². The summed E-state index contributed by atoms with van der Waals surface area (Å²) >= 11 is 6.05. The molecule has 0 spiro atoms. The van der Waals surface area contributed by atoms with Crippen LogP contribution in [0, 0.1) is 11.3 Å². The number of halogens is 1. The zero-order valence-electron chi connectivity index (χ0n) is 21.5. The molecule has 1 aliphatic rings. The van der Waals surface area contributed by atoms with Crippen LogP contribution < -0.4 is 10.6 Å². The standard InChI is InChI=1S/C26H40ClN3O4/c1-8-21(31)34-26(6,7)15-28-24(33)29-22(17(2)3)23(32)30-14-13-20(25(4,5)16-30)18-9-11-19(27)12-10-18/h9-12,17,20,22H,8,13-16H2,1-7H3,(H2,28,29,33). The molecular formula is C26H40ClN3O4. The molecule has 1 saturated heterocycles. The van der Waals surface area contributed by atoms with Crippen molar-refractivity contribution in [1.29, 1.82) is 0 Å². The molecule has 0 saturated carbocycles. The van der Waals surface area contributed by atoms with Gasteiger partial charge in [-0.25, -0.2) is 4.79 Å². The van der Waals surface area contributed by atoms with Crippen LogP contribution >= 0.6 is 11.6 Å². The fourth-order valence-electron chi connectivity index (χ4n) is 4.47. The second-order valence-corrected chi connectivity index (χ2v) is 11.2. The maximum Gasteiger partial charge on any atom is 0.315 e. The lowest BCUT2D eigenvalue weighted by molar-refractivity contribution is -0.155. The zero-order valence-corrected chi connectivity index (χ0v) is 22.3. The molecule has 0 bridgehead atoms. The number of carbonyl (C=O) groups is 3. The quantitative estimate of drug-likeness (QED) is 0.512. The van der Waals surface area contributed by atoms with Crippen LogP contribution in [0.25, 0.3) is 0 Å². The first kappa shape index (κ1) is 28.0. The number of hydrogen-bond acceptors (Lipinski definition) is 4. The van der Waals surface area contributed by atoms with Crippen molar-refractivity contribution >= 4 is 29.5 Å².